The predicted molar refractivity (Wildman–Crippen MR) is 101 cm³/mol. The second-order valence-electron chi connectivity index (χ2n) is 6.37. The highest BCUT2D eigenvalue weighted by Gasteiger charge is 2.18. The number of rotatable bonds is 5. The molecule has 0 saturated carbocycles. The Morgan fingerprint density at radius 3 is 2.00 bits per heavy atom. The van der Waals surface area contributed by atoms with Crippen LogP contribution < -0.4 is 4.74 Å². The van der Waals surface area contributed by atoms with Gasteiger partial charge in [0.2, 0.25) is 0 Å². The van der Waals surface area contributed by atoms with Crippen molar-refractivity contribution in [2.45, 2.75) is 26.9 Å². The summed E-state index contributed by atoms with van der Waals surface area (Å²) in [4.78, 5) is 0. The fourth-order valence-electron chi connectivity index (χ4n) is 2.90. The summed E-state index contributed by atoms with van der Waals surface area (Å²) < 4.78 is 5.77. The number of benzene rings is 3. The first-order valence-electron chi connectivity index (χ1n) is 8.46. The normalized spacial score (nSPS) is 10.7. The lowest BCUT2D eigenvalue weighted by atomic mass is 9.96. The summed E-state index contributed by atoms with van der Waals surface area (Å²) in [5.41, 5.74) is 3.42. The van der Waals surface area contributed by atoms with E-state index < -0.39 is 0 Å². The average molecular weight is 350 g/mol. The first-order valence-corrected chi connectivity index (χ1v) is 8.46. The molecule has 3 aromatic rings. The zero-order valence-corrected chi connectivity index (χ0v) is 14.9. The lowest BCUT2D eigenvalue weighted by Gasteiger charge is -2.15. The van der Waals surface area contributed by atoms with Gasteiger partial charge < -0.3 is 20.1 Å². The van der Waals surface area contributed by atoms with Crippen molar-refractivity contribution in [1.29, 1.82) is 0 Å². The smallest absolute Gasteiger partial charge is 0.164 e. The predicted octanol–water partition coefficient (Wildman–Crippen LogP) is 4.59. The van der Waals surface area contributed by atoms with Crippen LogP contribution in [-0.4, -0.2) is 15.3 Å². The molecule has 3 aromatic carbocycles. The Bertz CT molecular complexity index is 871. The Hall–Kier alpha value is -3.14. The molecular formula is C22H22O4. The Balaban J connectivity index is 1.74. The number of hydrogen-bond donors (Lipinski definition) is 3. The lowest BCUT2D eigenvalue weighted by molar-refractivity contribution is 0.306. The summed E-state index contributed by atoms with van der Waals surface area (Å²) >= 11 is 0. The SMILES string of the molecule is Cc1c(O)c(C)c(Cc2ccc(OCc3ccccc3)cc2)c(O)c1O. The fourth-order valence-corrected chi connectivity index (χ4v) is 2.90. The van der Waals surface area contributed by atoms with Gasteiger partial charge in [-0.1, -0.05) is 42.5 Å². The van der Waals surface area contributed by atoms with E-state index >= 15 is 0 Å². The van der Waals surface area contributed by atoms with Crippen LogP contribution in [0, 0.1) is 13.8 Å². The van der Waals surface area contributed by atoms with Gasteiger partial charge in [0, 0.05) is 17.5 Å². The first kappa shape index (κ1) is 17.7. The average Bonchev–Trinajstić information content (AvgIpc) is 2.68. The molecule has 134 valence electrons. The highest BCUT2D eigenvalue weighted by atomic mass is 16.5. The van der Waals surface area contributed by atoms with Crippen LogP contribution in [0.2, 0.25) is 0 Å². The van der Waals surface area contributed by atoms with Gasteiger partial charge in [0.25, 0.3) is 0 Å². The molecule has 0 unspecified atom stereocenters. The van der Waals surface area contributed by atoms with E-state index in [1.807, 2.05) is 54.6 Å². The van der Waals surface area contributed by atoms with E-state index in [1.54, 1.807) is 13.8 Å². The quantitative estimate of drug-likeness (QED) is 0.465. The molecule has 0 aliphatic heterocycles. The molecule has 26 heavy (non-hydrogen) atoms. The molecule has 0 fully saturated rings. The summed E-state index contributed by atoms with van der Waals surface area (Å²) in [5.74, 6) is 0.319. The van der Waals surface area contributed by atoms with Gasteiger partial charge in [-0.25, -0.2) is 0 Å². The monoisotopic (exact) mass is 350 g/mol. The Kier molecular flexibility index (Phi) is 5.03. The van der Waals surface area contributed by atoms with Crippen LogP contribution in [0.5, 0.6) is 23.0 Å². The van der Waals surface area contributed by atoms with Gasteiger partial charge in [-0.3, -0.25) is 0 Å². The van der Waals surface area contributed by atoms with E-state index in [2.05, 4.69) is 0 Å². The summed E-state index contributed by atoms with van der Waals surface area (Å²) in [7, 11) is 0. The number of aromatic hydroxyl groups is 3. The second kappa shape index (κ2) is 7.40. The molecular weight excluding hydrogens is 328 g/mol. The zero-order valence-electron chi connectivity index (χ0n) is 14.9. The van der Waals surface area contributed by atoms with Crippen molar-refractivity contribution >= 4 is 0 Å². The van der Waals surface area contributed by atoms with Gasteiger partial charge in [0.15, 0.2) is 11.5 Å². The van der Waals surface area contributed by atoms with Crippen molar-refractivity contribution in [3.05, 3.63) is 82.4 Å². The van der Waals surface area contributed by atoms with Crippen LogP contribution >= 0.6 is 0 Å². The van der Waals surface area contributed by atoms with Gasteiger partial charge in [-0.15, -0.1) is 0 Å². The van der Waals surface area contributed by atoms with Crippen LogP contribution in [0.3, 0.4) is 0 Å². The van der Waals surface area contributed by atoms with Crippen LogP contribution in [0.1, 0.15) is 27.8 Å². The minimum Gasteiger partial charge on any atom is -0.507 e. The highest BCUT2D eigenvalue weighted by molar-refractivity contribution is 5.61. The molecule has 0 spiro atoms. The molecule has 4 nitrogen and oxygen atoms in total. The summed E-state index contributed by atoms with van der Waals surface area (Å²) in [5, 5.41) is 30.3. The highest BCUT2D eigenvalue weighted by Crippen LogP contribution is 2.42. The van der Waals surface area contributed by atoms with Gasteiger partial charge in [0.1, 0.15) is 18.1 Å². The van der Waals surface area contributed by atoms with Crippen molar-refractivity contribution in [3.63, 3.8) is 0 Å². The Morgan fingerprint density at radius 2 is 1.35 bits per heavy atom. The van der Waals surface area contributed by atoms with Crippen LogP contribution in [-0.2, 0) is 13.0 Å². The molecule has 0 amide bonds. The zero-order chi connectivity index (χ0) is 18.7. The lowest BCUT2D eigenvalue weighted by Crippen LogP contribution is -1.97. The standard InChI is InChI=1S/C22H22O4/c1-14-19(22(25)21(24)15(2)20(14)23)12-16-8-10-18(11-9-16)26-13-17-6-4-3-5-7-17/h3-11,23-25H,12-13H2,1-2H3. The number of phenols is 3. The maximum absolute atomic E-state index is 10.2. The van der Waals surface area contributed by atoms with Crippen molar-refractivity contribution in [1.82, 2.24) is 0 Å². The topological polar surface area (TPSA) is 69.9 Å². The van der Waals surface area contributed by atoms with Gasteiger partial charge in [-0.05, 0) is 42.7 Å². The van der Waals surface area contributed by atoms with Crippen molar-refractivity contribution in [2.24, 2.45) is 0 Å². The minimum atomic E-state index is -0.272. The third-order valence-corrected chi connectivity index (χ3v) is 4.58. The molecule has 3 N–H and O–H groups in total. The van der Waals surface area contributed by atoms with E-state index in [4.69, 9.17) is 4.74 Å². The van der Waals surface area contributed by atoms with Gasteiger partial charge in [0.05, 0.1) is 0 Å². The van der Waals surface area contributed by atoms with E-state index in [0.717, 1.165) is 16.9 Å². The fraction of sp³-hybridized carbons (Fsp3) is 0.182. The van der Waals surface area contributed by atoms with Crippen LogP contribution in [0.25, 0.3) is 0 Å². The van der Waals surface area contributed by atoms with Crippen molar-refractivity contribution in [2.75, 3.05) is 0 Å². The summed E-state index contributed by atoms with van der Waals surface area (Å²) in [6.45, 7) is 3.80. The maximum atomic E-state index is 10.2. The minimum absolute atomic E-state index is 0.0121. The molecule has 0 saturated heterocycles. The third-order valence-electron chi connectivity index (χ3n) is 4.58. The Labute approximate surface area is 153 Å². The first-order chi connectivity index (χ1) is 12.5. The molecule has 0 aromatic heterocycles. The van der Waals surface area contributed by atoms with Crippen LogP contribution in [0.4, 0.5) is 0 Å². The molecule has 4 heteroatoms. The molecule has 3 rings (SSSR count). The summed E-state index contributed by atoms with van der Waals surface area (Å²) in [6.07, 6.45) is 0.401. The second-order valence-corrected chi connectivity index (χ2v) is 6.37. The van der Waals surface area contributed by atoms with Crippen LogP contribution in [0.15, 0.2) is 54.6 Å². The largest absolute Gasteiger partial charge is 0.507 e. The molecule has 0 atom stereocenters. The van der Waals surface area contributed by atoms with E-state index in [-0.39, 0.29) is 22.8 Å². The van der Waals surface area contributed by atoms with Crippen molar-refractivity contribution in [3.8, 4) is 23.0 Å². The molecule has 0 heterocycles. The molecule has 0 aliphatic carbocycles. The summed E-state index contributed by atoms with van der Waals surface area (Å²) in [6, 6.07) is 17.5. The Morgan fingerprint density at radius 1 is 0.692 bits per heavy atom. The third kappa shape index (κ3) is 3.59. The molecule has 0 aliphatic rings. The number of hydrogen-bond acceptors (Lipinski definition) is 4. The van der Waals surface area contributed by atoms with Gasteiger partial charge in [-0.2, -0.15) is 0 Å². The van der Waals surface area contributed by atoms with E-state index in [1.165, 1.54) is 0 Å². The van der Waals surface area contributed by atoms with E-state index in [9.17, 15) is 15.3 Å². The maximum Gasteiger partial charge on any atom is 0.164 e. The van der Waals surface area contributed by atoms with Gasteiger partial charge >= 0.3 is 0 Å². The molecule has 0 radical (unpaired) electrons. The molecule has 0 bridgehead atoms. The van der Waals surface area contributed by atoms with Crippen molar-refractivity contribution < 1.29 is 20.1 Å². The van der Waals surface area contributed by atoms with E-state index in [0.29, 0.717) is 24.2 Å². The number of ether oxygens (including phenoxy) is 1. The number of phenolic OH excluding ortho intramolecular Hbond substituents is 3.